The minimum atomic E-state index is -0.806. The summed E-state index contributed by atoms with van der Waals surface area (Å²) < 4.78 is 12.9. The molecule has 1 aliphatic heterocycles. The van der Waals surface area contributed by atoms with E-state index in [1.54, 1.807) is 12.1 Å². The molecule has 1 fully saturated rings. The van der Waals surface area contributed by atoms with Crippen LogP contribution in [0.15, 0.2) is 48.5 Å². The molecule has 0 aliphatic carbocycles. The Bertz CT molecular complexity index is 770. The third kappa shape index (κ3) is 5.38. The van der Waals surface area contributed by atoms with Crippen molar-refractivity contribution in [1.82, 2.24) is 4.90 Å². The molecule has 0 atom stereocenters. The monoisotopic (exact) mass is 389 g/mol. The SMILES string of the molecule is O=C(CCCCN1CCC(O)(c2cccc(Cl)c2)CC1)c1ccc(F)cc1. The molecule has 5 heteroatoms. The normalized spacial score (nSPS) is 17.0. The topological polar surface area (TPSA) is 40.5 Å². The first kappa shape index (κ1) is 20.0. The van der Waals surface area contributed by atoms with Gasteiger partial charge in [0.1, 0.15) is 5.82 Å². The van der Waals surface area contributed by atoms with E-state index in [4.69, 9.17) is 11.6 Å². The van der Waals surface area contributed by atoms with E-state index in [2.05, 4.69) is 4.90 Å². The molecule has 1 N–H and O–H groups in total. The third-order valence-electron chi connectivity index (χ3n) is 5.34. The quantitative estimate of drug-likeness (QED) is 0.545. The number of aliphatic hydroxyl groups is 1. The number of halogens is 2. The van der Waals surface area contributed by atoms with E-state index in [1.807, 2.05) is 24.3 Å². The summed E-state index contributed by atoms with van der Waals surface area (Å²) in [6, 6.07) is 13.2. The van der Waals surface area contributed by atoms with Gasteiger partial charge in [-0.05, 0) is 74.2 Å². The lowest BCUT2D eigenvalue weighted by molar-refractivity contribution is -0.0260. The number of nitrogens with zero attached hydrogens (tertiary/aromatic N) is 1. The molecule has 0 radical (unpaired) electrons. The van der Waals surface area contributed by atoms with Gasteiger partial charge in [-0.25, -0.2) is 4.39 Å². The van der Waals surface area contributed by atoms with Crippen molar-refractivity contribution in [2.24, 2.45) is 0 Å². The van der Waals surface area contributed by atoms with Crippen molar-refractivity contribution in [2.45, 2.75) is 37.7 Å². The number of benzene rings is 2. The minimum absolute atomic E-state index is 0.0592. The number of hydrogen-bond donors (Lipinski definition) is 1. The molecule has 0 amide bonds. The van der Waals surface area contributed by atoms with Gasteiger partial charge in [0.05, 0.1) is 5.60 Å². The van der Waals surface area contributed by atoms with Crippen molar-refractivity contribution in [1.29, 1.82) is 0 Å². The molecule has 3 nitrogen and oxygen atoms in total. The molecule has 1 heterocycles. The lowest BCUT2D eigenvalue weighted by Gasteiger charge is -2.38. The number of unbranched alkanes of at least 4 members (excludes halogenated alkanes) is 1. The van der Waals surface area contributed by atoms with E-state index < -0.39 is 5.60 Å². The maximum atomic E-state index is 12.9. The number of carbonyl (C=O) groups is 1. The second-order valence-electron chi connectivity index (χ2n) is 7.27. The molecule has 0 saturated carbocycles. The Labute approximate surface area is 164 Å². The van der Waals surface area contributed by atoms with Crippen molar-refractivity contribution in [3.63, 3.8) is 0 Å². The average molecular weight is 390 g/mol. The molecule has 2 aromatic carbocycles. The van der Waals surface area contributed by atoms with Crippen molar-refractivity contribution in [2.75, 3.05) is 19.6 Å². The Kier molecular flexibility index (Phi) is 6.64. The average Bonchev–Trinajstić information content (AvgIpc) is 2.67. The van der Waals surface area contributed by atoms with Crippen molar-refractivity contribution in [3.05, 3.63) is 70.5 Å². The second kappa shape index (κ2) is 8.96. The second-order valence-corrected chi connectivity index (χ2v) is 7.71. The van der Waals surface area contributed by atoms with Crippen LogP contribution in [0.3, 0.4) is 0 Å². The standard InChI is InChI=1S/C22H25ClFNO2/c23-19-5-3-4-18(16-19)22(27)11-14-25(15-12-22)13-2-1-6-21(26)17-7-9-20(24)10-8-17/h3-5,7-10,16,27H,1-2,6,11-15H2. The summed E-state index contributed by atoms with van der Waals surface area (Å²) in [5, 5.41) is 11.6. The zero-order valence-electron chi connectivity index (χ0n) is 15.3. The molecule has 0 aromatic heterocycles. The van der Waals surface area contributed by atoms with E-state index in [-0.39, 0.29) is 11.6 Å². The molecule has 2 aromatic rings. The zero-order valence-corrected chi connectivity index (χ0v) is 16.1. The first-order valence-corrected chi connectivity index (χ1v) is 9.84. The van der Waals surface area contributed by atoms with E-state index in [0.29, 0.717) is 29.8 Å². The van der Waals surface area contributed by atoms with Crippen LogP contribution in [0.4, 0.5) is 4.39 Å². The highest BCUT2D eigenvalue weighted by molar-refractivity contribution is 6.30. The molecule has 144 valence electrons. The molecule has 1 saturated heterocycles. The number of likely N-dealkylation sites (tertiary alicyclic amines) is 1. The van der Waals surface area contributed by atoms with Gasteiger partial charge in [0.25, 0.3) is 0 Å². The van der Waals surface area contributed by atoms with Crippen LogP contribution in [0.1, 0.15) is 48.0 Å². The summed E-state index contributed by atoms with van der Waals surface area (Å²) in [4.78, 5) is 14.4. The highest BCUT2D eigenvalue weighted by atomic mass is 35.5. The van der Waals surface area contributed by atoms with Crippen LogP contribution in [-0.2, 0) is 5.60 Å². The predicted octanol–water partition coefficient (Wildman–Crippen LogP) is 4.82. The summed E-state index contributed by atoms with van der Waals surface area (Å²) in [6.45, 7) is 2.58. The van der Waals surface area contributed by atoms with Crippen LogP contribution in [0.25, 0.3) is 0 Å². The van der Waals surface area contributed by atoms with Crippen LogP contribution in [-0.4, -0.2) is 35.4 Å². The van der Waals surface area contributed by atoms with Crippen molar-refractivity contribution < 1.29 is 14.3 Å². The summed E-state index contributed by atoms with van der Waals surface area (Å²) >= 11 is 6.05. The lowest BCUT2D eigenvalue weighted by Crippen LogP contribution is -2.42. The van der Waals surface area contributed by atoms with Crippen LogP contribution in [0.2, 0.25) is 5.02 Å². The fourth-order valence-electron chi connectivity index (χ4n) is 3.61. The van der Waals surface area contributed by atoms with Gasteiger partial charge in [-0.2, -0.15) is 0 Å². The zero-order chi connectivity index (χ0) is 19.3. The van der Waals surface area contributed by atoms with Gasteiger partial charge in [0.15, 0.2) is 5.78 Å². The van der Waals surface area contributed by atoms with Gasteiger partial charge in [0.2, 0.25) is 0 Å². The van der Waals surface area contributed by atoms with Crippen LogP contribution >= 0.6 is 11.6 Å². The number of ketones is 1. The molecule has 1 aliphatic rings. The van der Waals surface area contributed by atoms with Gasteiger partial charge in [-0.3, -0.25) is 4.79 Å². The summed E-state index contributed by atoms with van der Waals surface area (Å²) in [5.41, 5.74) is 0.653. The number of rotatable bonds is 7. The van der Waals surface area contributed by atoms with Crippen LogP contribution in [0.5, 0.6) is 0 Å². The maximum absolute atomic E-state index is 12.9. The van der Waals surface area contributed by atoms with Gasteiger partial charge < -0.3 is 10.0 Å². The lowest BCUT2D eigenvalue weighted by atomic mass is 9.84. The highest BCUT2D eigenvalue weighted by Crippen LogP contribution is 2.34. The minimum Gasteiger partial charge on any atom is -0.385 e. The summed E-state index contributed by atoms with van der Waals surface area (Å²) in [6.07, 6.45) is 3.59. The van der Waals surface area contributed by atoms with Gasteiger partial charge in [-0.1, -0.05) is 23.7 Å². The van der Waals surface area contributed by atoms with Crippen molar-refractivity contribution in [3.8, 4) is 0 Å². The first-order valence-electron chi connectivity index (χ1n) is 9.46. The largest absolute Gasteiger partial charge is 0.385 e. The maximum Gasteiger partial charge on any atom is 0.162 e. The Morgan fingerprint density at radius 2 is 1.81 bits per heavy atom. The van der Waals surface area contributed by atoms with E-state index in [9.17, 15) is 14.3 Å². The van der Waals surface area contributed by atoms with Gasteiger partial charge >= 0.3 is 0 Å². The first-order chi connectivity index (χ1) is 13.0. The number of piperidine rings is 1. The number of Topliss-reactive ketones (excluding diaryl/α,β-unsaturated/α-hetero) is 1. The van der Waals surface area contributed by atoms with E-state index >= 15 is 0 Å². The fourth-order valence-corrected chi connectivity index (χ4v) is 3.80. The smallest absolute Gasteiger partial charge is 0.162 e. The molecular formula is C22H25ClFNO2. The van der Waals surface area contributed by atoms with Crippen molar-refractivity contribution >= 4 is 17.4 Å². The highest BCUT2D eigenvalue weighted by Gasteiger charge is 2.33. The Hall–Kier alpha value is -1.75. The van der Waals surface area contributed by atoms with Gasteiger partial charge in [-0.15, -0.1) is 0 Å². The molecule has 3 rings (SSSR count). The van der Waals surface area contributed by atoms with Crippen LogP contribution in [0, 0.1) is 5.82 Å². The predicted molar refractivity (Wildman–Crippen MR) is 106 cm³/mol. The summed E-state index contributed by atoms with van der Waals surface area (Å²) in [7, 11) is 0. The molecule has 0 spiro atoms. The van der Waals surface area contributed by atoms with Gasteiger partial charge in [0, 0.05) is 30.1 Å². The Morgan fingerprint density at radius 1 is 1.11 bits per heavy atom. The molecule has 0 bridgehead atoms. The Morgan fingerprint density at radius 3 is 2.48 bits per heavy atom. The molecular weight excluding hydrogens is 365 g/mol. The number of carbonyl (C=O) groups excluding carboxylic acids is 1. The molecule has 27 heavy (non-hydrogen) atoms. The fraction of sp³-hybridized carbons (Fsp3) is 0.409. The van der Waals surface area contributed by atoms with E-state index in [1.165, 1.54) is 12.1 Å². The van der Waals surface area contributed by atoms with Crippen LogP contribution < -0.4 is 0 Å². The Balaban J connectivity index is 1.39. The third-order valence-corrected chi connectivity index (χ3v) is 5.57. The molecule has 0 unspecified atom stereocenters. The summed E-state index contributed by atoms with van der Waals surface area (Å²) in [5.74, 6) is -0.265. The van der Waals surface area contributed by atoms with E-state index in [0.717, 1.165) is 38.0 Å². The number of hydrogen-bond acceptors (Lipinski definition) is 3.